The van der Waals surface area contributed by atoms with Crippen molar-refractivity contribution in [2.45, 2.75) is 39.3 Å². The van der Waals surface area contributed by atoms with Crippen LogP contribution in [0.4, 0.5) is 0 Å². The number of hydrogen-bond donors (Lipinski definition) is 0. The summed E-state index contributed by atoms with van der Waals surface area (Å²) in [5, 5.41) is 8.79. The van der Waals surface area contributed by atoms with Gasteiger partial charge in [-0.1, -0.05) is 0 Å². The highest BCUT2D eigenvalue weighted by molar-refractivity contribution is 6.00. The van der Waals surface area contributed by atoms with Crippen molar-refractivity contribution in [3.63, 3.8) is 0 Å². The molecule has 27 heavy (non-hydrogen) atoms. The largest absolute Gasteiger partial charge is 0.454 e. The van der Waals surface area contributed by atoms with Gasteiger partial charge in [0, 0.05) is 30.1 Å². The first kappa shape index (κ1) is 18.9. The van der Waals surface area contributed by atoms with Gasteiger partial charge in [0.25, 0.3) is 0 Å². The zero-order valence-corrected chi connectivity index (χ0v) is 15.5. The van der Waals surface area contributed by atoms with Crippen LogP contribution in [0.15, 0.2) is 30.3 Å². The van der Waals surface area contributed by atoms with Gasteiger partial charge in [-0.15, -0.1) is 0 Å². The Morgan fingerprint density at radius 1 is 1.30 bits per heavy atom. The highest BCUT2D eigenvalue weighted by Gasteiger charge is 2.21. The van der Waals surface area contributed by atoms with Gasteiger partial charge in [-0.05, 0) is 57.0 Å². The Bertz CT molecular complexity index is 884. The van der Waals surface area contributed by atoms with Gasteiger partial charge in [0.15, 0.2) is 6.61 Å². The average Bonchev–Trinajstić information content (AvgIpc) is 3.29. The molecule has 3 rings (SSSR count). The van der Waals surface area contributed by atoms with Crippen molar-refractivity contribution >= 4 is 11.8 Å². The maximum Gasteiger partial charge on any atom is 0.338 e. The van der Waals surface area contributed by atoms with Gasteiger partial charge in [0.1, 0.15) is 0 Å². The zero-order valence-electron chi connectivity index (χ0n) is 15.5. The summed E-state index contributed by atoms with van der Waals surface area (Å²) in [4.78, 5) is 24.6. The number of nitriles is 1. The van der Waals surface area contributed by atoms with E-state index in [0.717, 1.165) is 37.4 Å². The lowest BCUT2D eigenvalue weighted by Crippen LogP contribution is -2.18. The molecule has 1 aliphatic rings. The molecule has 0 bridgehead atoms. The van der Waals surface area contributed by atoms with Crippen LogP contribution in [0.2, 0.25) is 0 Å². The van der Waals surface area contributed by atoms with E-state index in [-0.39, 0.29) is 18.5 Å². The second kappa shape index (κ2) is 8.19. The van der Waals surface area contributed by atoms with Crippen LogP contribution in [0.3, 0.4) is 0 Å². The van der Waals surface area contributed by atoms with E-state index in [1.165, 1.54) is 24.3 Å². The molecular formula is C21H22N2O4. The summed E-state index contributed by atoms with van der Waals surface area (Å²) in [5.74, 6) is -0.815. The van der Waals surface area contributed by atoms with E-state index >= 15 is 0 Å². The molecule has 6 heteroatoms. The maximum atomic E-state index is 12.5. The smallest absolute Gasteiger partial charge is 0.338 e. The number of esters is 1. The Labute approximate surface area is 158 Å². The Morgan fingerprint density at radius 3 is 2.67 bits per heavy atom. The standard InChI is InChI=1S/C21H22N2O4/c1-14-10-19(15(2)23(14)12-18-4-3-9-26-18)20(24)13-27-21(25)17-7-5-16(11-22)6-8-17/h5-8,10,18H,3-4,9,12-13H2,1-2H3/t18-/m1/s1. The molecule has 2 heterocycles. The fraction of sp³-hybridized carbons (Fsp3) is 0.381. The molecule has 2 aromatic rings. The minimum Gasteiger partial charge on any atom is -0.454 e. The van der Waals surface area contributed by atoms with Crippen molar-refractivity contribution in [2.24, 2.45) is 0 Å². The van der Waals surface area contributed by atoms with E-state index in [4.69, 9.17) is 14.7 Å². The third-order valence-electron chi connectivity index (χ3n) is 4.87. The maximum absolute atomic E-state index is 12.5. The number of ketones is 1. The molecule has 0 amide bonds. The summed E-state index contributed by atoms with van der Waals surface area (Å²) < 4.78 is 12.9. The molecule has 140 valence electrons. The molecular weight excluding hydrogens is 344 g/mol. The van der Waals surface area contributed by atoms with Crippen LogP contribution < -0.4 is 0 Å². The van der Waals surface area contributed by atoms with Crippen molar-refractivity contribution in [3.05, 3.63) is 58.4 Å². The van der Waals surface area contributed by atoms with E-state index in [1.807, 2.05) is 26.0 Å². The highest BCUT2D eigenvalue weighted by atomic mass is 16.5. The van der Waals surface area contributed by atoms with Gasteiger partial charge in [-0.3, -0.25) is 4.79 Å². The first-order valence-electron chi connectivity index (χ1n) is 8.98. The number of hydrogen-bond acceptors (Lipinski definition) is 5. The summed E-state index contributed by atoms with van der Waals surface area (Å²) in [5.41, 5.74) is 3.19. The SMILES string of the molecule is Cc1cc(C(=O)COC(=O)c2ccc(C#N)cc2)c(C)n1C[C@H]1CCCO1. The first-order valence-corrected chi connectivity index (χ1v) is 8.98. The van der Waals surface area contributed by atoms with Gasteiger partial charge in [0.2, 0.25) is 5.78 Å². The van der Waals surface area contributed by atoms with E-state index in [2.05, 4.69) is 4.57 Å². The Morgan fingerprint density at radius 2 is 2.04 bits per heavy atom. The number of carbonyl (C=O) groups excluding carboxylic acids is 2. The molecule has 0 N–H and O–H groups in total. The van der Waals surface area contributed by atoms with Crippen LogP contribution in [0.5, 0.6) is 0 Å². The molecule has 1 aliphatic heterocycles. The quantitative estimate of drug-likeness (QED) is 0.579. The lowest BCUT2D eigenvalue weighted by atomic mass is 10.1. The van der Waals surface area contributed by atoms with Gasteiger partial charge >= 0.3 is 5.97 Å². The predicted molar refractivity (Wildman–Crippen MR) is 98.7 cm³/mol. The molecule has 6 nitrogen and oxygen atoms in total. The van der Waals surface area contributed by atoms with Crippen LogP contribution in [-0.4, -0.2) is 35.6 Å². The monoisotopic (exact) mass is 366 g/mol. The second-order valence-corrected chi connectivity index (χ2v) is 6.72. The zero-order chi connectivity index (χ0) is 19.4. The van der Waals surface area contributed by atoms with Crippen LogP contribution in [0.1, 0.15) is 50.5 Å². The number of benzene rings is 1. The van der Waals surface area contributed by atoms with Crippen LogP contribution >= 0.6 is 0 Å². The molecule has 1 aromatic heterocycles. The van der Waals surface area contributed by atoms with Crippen molar-refractivity contribution < 1.29 is 19.1 Å². The van der Waals surface area contributed by atoms with Gasteiger partial charge in [-0.25, -0.2) is 4.79 Å². The Balaban J connectivity index is 1.63. The highest BCUT2D eigenvalue weighted by Crippen LogP contribution is 2.21. The summed E-state index contributed by atoms with van der Waals surface area (Å²) in [6, 6.07) is 9.93. The first-order chi connectivity index (χ1) is 13.0. The van der Waals surface area contributed by atoms with Gasteiger partial charge < -0.3 is 14.0 Å². The van der Waals surface area contributed by atoms with E-state index in [0.29, 0.717) is 16.7 Å². The number of nitrogens with zero attached hydrogens (tertiary/aromatic N) is 2. The molecule has 0 unspecified atom stereocenters. The third-order valence-corrected chi connectivity index (χ3v) is 4.87. The molecule has 1 atom stereocenters. The fourth-order valence-corrected chi connectivity index (χ4v) is 3.33. The molecule has 0 aliphatic carbocycles. The van der Waals surface area contributed by atoms with Crippen LogP contribution in [0.25, 0.3) is 0 Å². The lowest BCUT2D eigenvalue weighted by molar-refractivity contribution is 0.0474. The molecule has 1 saturated heterocycles. The summed E-state index contributed by atoms with van der Waals surface area (Å²) in [6.07, 6.45) is 2.29. The number of aryl methyl sites for hydroxylation is 1. The molecule has 1 aromatic carbocycles. The topological polar surface area (TPSA) is 81.3 Å². The van der Waals surface area contributed by atoms with E-state index in [1.54, 1.807) is 0 Å². The second-order valence-electron chi connectivity index (χ2n) is 6.72. The Hall–Kier alpha value is -2.91. The van der Waals surface area contributed by atoms with E-state index < -0.39 is 5.97 Å². The number of carbonyl (C=O) groups is 2. The molecule has 0 saturated carbocycles. The van der Waals surface area contributed by atoms with Crippen molar-refractivity contribution in [3.8, 4) is 6.07 Å². The van der Waals surface area contributed by atoms with Crippen molar-refractivity contribution in [1.29, 1.82) is 5.26 Å². The van der Waals surface area contributed by atoms with Crippen LogP contribution in [-0.2, 0) is 16.0 Å². The lowest BCUT2D eigenvalue weighted by Gasteiger charge is -2.14. The van der Waals surface area contributed by atoms with Gasteiger partial charge in [-0.2, -0.15) is 5.26 Å². The summed E-state index contributed by atoms with van der Waals surface area (Å²) in [7, 11) is 0. The number of aromatic nitrogens is 1. The van der Waals surface area contributed by atoms with Crippen molar-refractivity contribution in [1.82, 2.24) is 4.57 Å². The molecule has 0 radical (unpaired) electrons. The van der Waals surface area contributed by atoms with E-state index in [9.17, 15) is 9.59 Å². The van der Waals surface area contributed by atoms with Gasteiger partial charge in [0.05, 0.1) is 23.3 Å². The minimum absolute atomic E-state index is 0.187. The van der Waals surface area contributed by atoms with Crippen molar-refractivity contribution in [2.75, 3.05) is 13.2 Å². The average molecular weight is 366 g/mol. The fourth-order valence-electron chi connectivity index (χ4n) is 3.33. The normalized spacial score (nSPS) is 16.1. The van der Waals surface area contributed by atoms with Crippen LogP contribution in [0, 0.1) is 25.2 Å². The molecule has 0 spiro atoms. The third kappa shape index (κ3) is 4.26. The predicted octanol–water partition coefficient (Wildman–Crippen LogP) is 3.20. The minimum atomic E-state index is -0.582. The summed E-state index contributed by atoms with van der Waals surface area (Å²) >= 11 is 0. The molecule has 1 fully saturated rings. The number of ether oxygens (including phenoxy) is 2. The number of rotatable bonds is 6. The summed E-state index contributed by atoms with van der Waals surface area (Å²) in [6.45, 7) is 5.07. The Kier molecular flexibility index (Phi) is 5.72. The number of Topliss-reactive ketones (excluding diaryl/α,β-unsaturated/α-hetero) is 1.